The molecule has 0 radical (unpaired) electrons. The van der Waals surface area contributed by atoms with Gasteiger partial charge in [-0.2, -0.15) is 0 Å². The fourth-order valence-electron chi connectivity index (χ4n) is 1.26. The van der Waals surface area contributed by atoms with E-state index in [1.165, 1.54) is 6.39 Å². The second-order valence-electron chi connectivity index (χ2n) is 3.29. The van der Waals surface area contributed by atoms with Gasteiger partial charge >= 0.3 is 5.97 Å². The van der Waals surface area contributed by atoms with Crippen LogP contribution < -0.4 is 0 Å². The third kappa shape index (κ3) is 2.32. The summed E-state index contributed by atoms with van der Waals surface area (Å²) in [5.74, 6) is -0.134. The molecule has 1 atom stereocenters. The number of hydrogen-bond donors (Lipinski definition) is 1. The molecule has 1 unspecified atom stereocenters. The van der Waals surface area contributed by atoms with Gasteiger partial charge in [0.05, 0.1) is 18.3 Å². The van der Waals surface area contributed by atoms with E-state index in [-0.39, 0.29) is 12.6 Å². The summed E-state index contributed by atoms with van der Waals surface area (Å²) in [4.78, 5) is 16.1. The van der Waals surface area contributed by atoms with Gasteiger partial charge in [0.1, 0.15) is 5.76 Å². The topological polar surface area (TPSA) is 66.6 Å². The fourth-order valence-corrected chi connectivity index (χ4v) is 1.26. The summed E-state index contributed by atoms with van der Waals surface area (Å²) >= 11 is 0. The van der Waals surface area contributed by atoms with Gasteiger partial charge in [-0.15, -0.1) is 0 Å². The Morgan fingerprint density at radius 3 is 2.86 bits per heavy atom. The number of carboxylic acids is 1. The van der Waals surface area contributed by atoms with Gasteiger partial charge in [0, 0.05) is 0 Å². The Labute approximate surface area is 82.4 Å². The number of nitrogens with zero attached hydrogens (tertiary/aromatic N) is 2. The molecule has 0 aromatic carbocycles. The third-order valence-electron chi connectivity index (χ3n) is 2.21. The number of aliphatic carboxylic acids is 1. The minimum Gasteiger partial charge on any atom is -0.480 e. The minimum absolute atomic E-state index is 0.0126. The van der Waals surface area contributed by atoms with Crippen molar-refractivity contribution in [3.63, 3.8) is 0 Å². The molecule has 0 aliphatic heterocycles. The number of hydrogen-bond acceptors (Lipinski definition) is 4. The molecule has 0 bridgehead atoms. The van der Waals surface area contributed by atoms with Crippen LogP contribution in [0.5, 0.6) is 0 Å². The van der Waals surface area contributed by atoms with E-state index in [0.29, 0.717) is 5.76 Å². The quantitative estimate of drug-likeness (QED) is 0.783. The van der Waals surface area contributed by atoms with Crippen molar-refractivity contribution >= 4 is 5.97 Å². The smallest absolute Gasteiger partial charge is 0.317 e. The molecule has 1 heterocycles. The Hall–Kier alpha value is -1.36. The van der Waals surface area contributed by atoms with Crippen molar-refractivity contribution in [2.24, 2.45) is 0 Å². The molecule has 0 aliphatic carbocycles. The molecule has 78 valence electrons. The number of rotatable bonds is 4. The van der Waals surface area contributed by atoms with Crippen molar-refractivity contribution < 1.29 is 14.3 Å². The van der Waals surface area contributed by atoms with Crippen LogP contribution in [0.3, 0.4) is 0 Å². The minimum atomic E-state index is -0.850. The first-order valence-electron chi connectivity index (χ1n) is 4.34. The number of carbonyl (C=O) groups is 1. The lowest BCUT2D eigenvalue weighted by Crippen LogP contribution is -2.28. The summed E-state index contributed by atoms with van der Waals surface area (Å²) in [5.41, 5.74) is 0.801. The van der Waals surface area contributed by atoms with Gasteiger partial charge in [0.2, 0.25) is 0 Å². The summed E-state index contributed by atoms with van der Waals surface area (Å²) in [5, 5.41) is 8.61. The van der Waals surface area contributed by atoms with Crippen molar-refractivity contribution in [2.75, 3.05) is 13.6 Å². The maximum absolute atomic E-state index is 10.5. The van der Waals surface area contributed by atoms with Crippen molar-refractivity contribution in [1.29, 1.82) is 0 Å². The molecule has 0 amide bonds. The van der Waals surface area contributed by atoms with Crippen molar-refractivity contribution in [3.05, 3.63) is 17.8 Å². The normalized spacial score (nSPS) is 13.1. The third-order valence-corrected chi connectivity index (χ3v) is 2.21. The maximum atomic E-state index is 10.5. The van der Waals surface area contributed by atoms with Gasteiger partial charge in [-0.05, 0) is 20.9 Å². The lowest BCUT2D eigenvalue weighted by atomic mass is 10.2. The van der Waals surface area contributed by atoms with Crippen LogP contribution in [0.1, 0.15) is 24.4 Å². The lowest BCUT2D eigenvalue weighted by Gasteiger charge is -2.20. The fraction of sp³-hybridized carbons (Fsp3) is 0.556. The molecule has 0 saturated heterocycles. The number of carboxylic acid groups (broad SMARTS) is 1. The van der Waals surface area contributed by atoms with E-state index in [4.69, 9.17) is 9.52 Å². The number of aryl methyl sites for hydroxylation is 1. The van der Waals surface area contributed by atoms with Crippen LogP contribution in [0.25, 0.3) is 0 Å². The second-order valence-corrected chi connectivity index (χ2v) is 3.29. The zero-order valence-corrected chi connectivity index (χ0v) is 8.52. The summed E-state index contributed by atoms with van der Waals surface area (Å²) in [7, 11) is 1.74. The molecule has 14 heavy (non-hydrogen) atoms. The first-order valence-corrected chi connectivity index (χ1v) is 4.34. The van der Waals surface area contributed by atoms with Gasteiger partial charge in [0.25, 0.3) is 0 Å². The standard InChI is InChI=1S/C9H14N2O3/c1-6-9(14-5-10-6)7(2)11(3)4-8(12)13/h5,7H,4H2,1-3H3,(H,12,13). The Balaban J connectivity index is 2.70. The molecular weight excluding hydrogens is 184 g/mol. The zero-order valence-electron chi connectivity index (χ0n) is 8.52. The largest absolute Gasteiger partial charge is 0.480 e. The molecule has 0 aliphatic rings. The van der Waals surface area contributed by atoms with Crippen molar-refractivity contribution in [1.82, 2.24) is 9.88 Å². The molecule has 5 heteroatoms. The highest BCUT2D eigenvalue weighted by molar-refractivity contribution is 5.69. The van der Waals surface area contributed by atoms with E-state index >= 15 is 0 Å². The Morgan fingerprint density at radius 2 is 2.43 bits per heavy atom. The van der Waals surface area contributed by atoms with E-state index in [1.807, 2.05) is 13.8 Å². The number of oxazole rings is 1. The Morgan fingerprint density at radius 1 is 1.79 bits per heavy atom. The van der Waals surface area contributed by atoms with Gasteiger partial charge < -0.3 is 9.52 Å². The van der Waals surface area contributed by atoms with E-state index in [9.17, 15) is 4.79 Å². The Bertz CT molecular complexity index is 322. The number of likely N-dealkylation sites (N-methyl/N-ethyl adjacent to an activating group) is 1. The molecule has 1 rings (SSSR count). The molecule has 0 spiro atoms. The van der Waals surface area contributed by atoms with E-state index in [2.05, 4.69) is 4.98 Å². The summed E-state index contributed by atoms with van der Waals surface area (Å²) in [6.07, 6.45) is 1.37. The van der Waals surface area contributed by atoms with Gasteiger partial charge in [0.15, 0.2) is 6.39 Å². The molecule has 1 aromatic heterocycles. The highest BCUT2D eigenvalue weighted by Crippen LogP contribution is 2.20. The van der Waals surface area contributed by atoms with Gasteiger partial charge in [-0.3, -0.25) is 9.69 Å². The monoisotopic (exact) mass is 198 g/mol. The van der Waals surface area contributed by atoms with Crippen LogP contribution in [-0.2, 0) is 4.79 Å². The van der Waals surface area contributed by atoms with Crippen LogP contribution in [0.2, 0.25) is 0 Å². The molecule has 1 N–H and O–H groups in total. The van der Waals surface area contributed by atoms with E-state index in [1.54, 1.807) is 11.9 Å². The number of aromatic nitrogens is 1. The molecule has 1 aromatic rings. The zero-order chi connectivity index (χ0) is 10.7. The summed E-state index contributed by atoms with van der Waals surface area (Å²) < 4.78 is 5.18. The SMILES string of the molecule is Cc1ncoc1C(C)N(C)CC(=O)O. The van der Waals surface area contributed by atoms with Crippen molar-refractivity contribution in [2.45, 2.75) is 19.9 Å². The predicted octanol–water partition coefficient (Wildman–Crippen LogP) is 1.06. The second kappa shape index (κ2) is 4.23. The molecule has 0 saturated carbocycles. The van der Waals surface area contributed by atoms with Gasteiger partial charge in [-0.1, -0.05) is 0 Å². The molecular formula is C9H14N2O3. The van der Waals surface area contributed by atoms with Crippen LogP contribution in [0.15, 0.2) is 10.8 Å². The van der Waals surface area contributed by atoms with Crippen LogP contribution in [0, 0.1) is 6.92 Å². The van der Waals surface area contributed by atoms with Crippen LogP contribution >= 0.6 is 0 Å². The Kier molecular flexibility index (Phi) is 3.24. The average molecular weight is 198 g/mol. The summed E-state index contributed by atoms with van der Waals surface area (Å²) in [6.45, 7) is 3.71. The highest BCUT2D eigenvalue weighted by atomic mass is 16.4. The lowest BCUT2D eigenvalue weighted by molar-refractivity contribution is -0.138. The summed E-state index contributed by atoms with van der Waals surface area (Å²) in [6, 6.07) is -0.0754. The average Bonchev–Trinajstić information content (AvgIpc) is 2.48. The van der Waals surface area contributed by atoms with E-state index < -0.39 is 5.97 Å². The maximum Gasteiger partial charge on any atom is 0.317 e. The first-order chi connectivity index (χ1) is 6.52. The van der Waals surface area contributed by atoms with Crippen LogP contribution in [-0.4, -0.2) is 34.6 Å². The molecule has 5 nitrogen and oxygen atoms in total. The predicted molar refractivity (Wildman–Crippen MR) is 49.9 cm³/mol. The van der Waals surface area contributed by atoms with E-state index in [0.717, 1.165) is 5.69 Å². The van der Waals surface area contributed by atoms with Crippen LogP contribution in [0.4, 0.5) is 0 Å². The van der Waals surface area contributed by atoms with Crippen molar-refractivity contribution in [3.8, 4) is 0 Å². The first kappa shape index (κ1) is 10.7. The van der Waals surface area contributed by atoms with Gasteiger partial charge in [-0.25, -0.2) is 4.98 Å². The highest BCUT2D eigenvalue weighted by Gasteiger charge is 2.19. The molecule has 0 fully saturated rings.